The summed E-state index contributed by atoms with van der Waals surface area (Å²) in [7, 11) is 0. The van der Waals surface area contributed by atoms with E-state index in [1.165, 1.54) is 41.0 Å². The fourth-order valence-corrected chi connectivity index (χ4v) is 4.34. The molecule has 11 heteroatoms. The molecule has 1 aromatic rings. The number of carbonyl (C=O) groups excluding carboxylic acids is 3. The summed E-state index contributed by atoms with van der Waals surface area (Å²) in [4.78, 5) is 50.9. The van der Waals surface area contributed by atoms with Gasteiger partial charge in [0, 0.05) is 25.1 Å². The van der Waals surface area contributed by atoms with E-state index in [2.05, 4.69) is 5.32 Å². The molecule has 30 heavy (non-hydrogen) atoms. The third kappa shape index (κ3) is 3.66. The molecule has 0 aromatic heterocycles. The van der Waals surface area contributed by atoms with Crippen molar-refractivity contribution >= 4 is 59.1 Å². The van der Waals surface area contributed by atoms with Gasteiger partial charge in [0.25, 0.3) is 5.91 Å². The molecular formula is C19H20N3NaO7. The number of carboxylic acids is 1. The zero-order valence-corrected chi connectivity index (χ0v) is 15.5. The number of hydrogen-bond acceptors (Lipinski definition) is 6. The van der Waals surface area contributed by atoms with Crippen LogP contribution < -0.4 is 5.32 Å². The number of nitrogens with zero attached hydrogens (tertiary/aromatic N) is 2. The summed E-state index contributed by atoms with van der Waals surface area (Å²) in [5, 5.41) is 21.4. The van der Waals surface area contributed by atoms with E-state index in [1.54, 1.807) is 0 Å². The summed E-state index contributed by atoms with van der Waals surface area (Å²) in [6.45, 7) is 1.46. The third-order valence-electron chi connectivity index (χ3n) is 5.54. The van der Waals surface area contributed by atoms with Gasteiger partial charge in [-0.3, -0.25) is 19.8 Å². The number of aliphatic carboxylic acids is 1. The topological polar surface area (TPSA) is 136 Å². The van der Waals surface area contributed by atoms with Crippen molar-refractivity contribution in [3.63, 3.8) is 0 Å². The minimum atomic E-state index is -1.27. The number of phenolic OH excluding ortho intramolecular Hbond substituents is 1. The van der Waals surface area contributed by atoms with Gasteiger partial charge in [0.1, 0.15) is 24.1 Å². The molecule has 154 valence electrons. The minimum absolute atomic E-state index is 0. The van der Waals surface area contributed by atoms with E-state index in [1.807, 2.05) is 0 Å². The molecule has 0 saturated carbocycles. The van der Waals surface area contributed by atoms with Crippen molar-refractivity contribution in [3.8, 4) is 5.75 Å². The van der Waals surface area contributed by atoms with E-state index in [0.717, 1.165) is 0 Å². The van der Waals surface area contributed by atoms with Gasteiger partial charge in [-0.15, -0.1) is 0 Å². The average molecular weight is 425 g/mol. The fourth-order valence-electron chi connectivity index (χ4n) is 4.34. The molecule has 4 rings (SSSR count). The molecule has 0 radical (unpaired) electrons. The Bertz CT molecular complexity index is 946. The Kier molecular flexibility index (Phi) is 6.11. The molecule has 0 spiro atoms. The second-order valence-corrected chi connectivity index (χ2v) is 7.28. The number of nitrogens with one attached hydrogen (secondary N) is 1. The van der Waals surface area contributed by atoms with Crippen molar-refractivity contribution in [2.75, 3.05) is 18.5 Å². The normalized spacial score (nSPS) is 23.9. The number of carbonyl (C=O) groups is 4. The molecule has 3 aliphatic rings. The second-order valence-electron chi connectivity index (χ2n) is 7.28. The Balaban J connectivity index is 0.00000256. The van der Waals surface area contributed by atoms with E-state index < -0.39 is 24.0 Å². The van der Waals surface area contributed by atoms with Crippen molar-refractivity contribution in [1.82, 2.24) is 9.80 Å². The molecule has 1 aromatic carbocycles. The molecule has 10 nitrogen and oxygen atoms in total. The predicted octanol–water partition coefficient (Wildman–Crippen LogP) is 0.0923. The summed E-state index contributed by atoms with van der Waals surface area (Å²) in [6.07, 6.45) is -0.470. The first-order valence-electron chi connectivity index (χ1n) is 9.06. The molecule has 3 N–H and O–H groups in total. The number of ether oxygens (including phenoxy) is 1. The van der Waals surface area contributed by atoms with Gasteiger partial charge in [-0.05, 0) is 36.3 Å². The molecule has 0 bridgehead atoms. The van der Waals surface area contributed by atoms with Gasteiger partial charge < -0.3 is 19.8 Å². The van der Waals surface area contributed by atoms with E-state index in [4.69, 9.17) is 4.74 Å². The molecule has 3 atom stereocenters. The number of rotatable bonds is 4. The Hall–Kier alpha value is -2.56. The maximum atomic E-state index is 12.5. The summed E-state index contributed by atoms with van der Waals surface area (Å²) < 4.78 is 5.17. The Morgan fingerprint density at radius 2 is 1.90 bits per heavy atom. The number of anilines is 1. The number of carboxylic acid groups (broad SMARTS) is 1. The summed E-state index contributed by atoms with van der Waals surface area (Å²) in [6, 6.07) is 4.82. The maximum absolute atomic E-state index is 12.5. The number of benzene rings is 1. The molecule has 3 aliphatic heterocycles. The summed E-state index contributed by atoms with van der Waals surface area (Å²) in [5.74, 6) is -1.96. The second kappa shape index (κ2) is 8.29. The van der Waals surface area contributed by atoms with Crippen molar-refractivity contribution < 1.29 is 34.1 Å². The fraction of sp³-hybridized carbons (Fsp3) is 0.368. The number of β-lactam (4-membered cyclic amide) rings is 1. The number of amides is 3. The van der Waals surface area contributed by atoms with Crippen molar-refractivity contribution in [2.45, 2.75) is 25.4 Å². The van der Waals surface area contributed by atoms with Gasteiger partial charge in [0.2, 0.25) is 5.91 Å². The van der Waals surface area contributed by atoms with Crippen LogP contribution in [-0.2, 0) is 19.1 Å². The van der Waals surface area contributed by atoms with Crippen LogP contribution in [0.25, 0.3) is 0 Å². The van der Waals surface area contributed by atoms with Gasteiger partial charge in [-0.1, -0.05) is 0 Å². The SMILES string of the molecule is CC(=O)N1C[C@H]2CC(COC(=O)Nc3ccc(O)cc3)=C(C(=O)O)N3C(=O)[C@@H]1[C@@H]23.[NaH]. The monoisotopic (exact) mass is 425 g/mol. The van der Waals surface area contributed by atoms with Gasteiger partial charge in [-0.2, -0.15) is 0 Å². The number of aromatic hydroxyl groups is 1. The molecular weight excluding hydrogens is 405 g/mol. The van der Waals surface area contributed by atoms with E-state index in [0.29, 0.717) is 24.2 Å². The number of likely N-dealkylation sites (tertiary alicyclic amines) is 1. The Labute approximate surface area is 193 Å². The van der Waals surface area contributed by atoms with Crippen molar-refractivity contribution in [1.29, 1.82) is 0 Å². The van der Waals surface area contributed by atoms with Crippen LogP contribution in [0.1, 0.15) is 13.3 Å². The van der Waals surface area contributed by atoms with Crippen LogP contribution in [-0.4, -0.2) is 98.7 Å². The van der Waals surface area contributed by atoms with Crippen LogP contribution in [0.15, 0.2) is 35.5 Å². The van der Waals surface area contributed by atoms with Crippen molar-refractivity contribution in [3.05, 3.63) is 35.5 Å². The van der Waals surface area contributed by atoms with Gasteiger partial charge in [0.05, 0.1) is 6.04 Å². The van der Waals surface area contributed by atoms with Crippen LogP contribution in [0.4, 0.5) is 10.5 Å². The first kappa shape index (κ1) is 22.1. The number of hydrogen-bond donors (Lipinski definition) is 3. The summed E-state index contributed by atoms with van der Waals surface area (Å²) in [5.41, 5.74) is 0.560. The molecule has 2 fully saturated rings. The standard InChI is InChI=1S/C19H19N3O7.Na.H/c1-9(23)21-7-10-6-11(15(18(26)27)22-14(10)16(21)17(22)25)8-29-19(28)20-12-2-4-13(24)5-3-12;;/h2-5,10,14,16,24H,6-8H2,1H3,(H,20,28)(H,26,27);;/t10-,14-,16+;;/m1../s1. The predicted molar refractivity (Wildman–Crippen MR) is 105 cm³/mol. The van der Waals surface area contributed by atoms with E-state index >= 15 is 0 Å². The zero-order chi connectivity index (χ0) is 20.9. The van der Waals surface area contributed by atoms with E-state index in [9.17, 15) is 29.4 Å². The van der Waals surface area contributed by atoms with Crippen LogP contribution in [0.2, 0.25) is 0 Å². The molecule has 0 aliphatic carbocycles. The Morgan fingerprint density at radius 3 is 2.50 bits per heavy atom. The molecule has 0 unspecified atom stereocenters. The van der Waals surface area contributed by atoms with Crippen molar-refractivity contribution in [2.24, 2.45) is 5.92 Å². The third-order valence-corrected chi connectivity index (χ3v) is 5.54. The van der Waals surface area contributed by atoms with Crippen LogP contribution >= 0.6 is 0 Å². The van der Waals surface area contributed by atoms with Crippen LogP contribution in [0.5, 0.6) is 5.75 Å². The quantitative estimate of drug-likeness (QED) is 0.353. The van der Waals surface area contributed by atoms with Gasteiger partial charge >= 0.3 is 41.6 Å². The molecule has 3 heterocycles. The Morgan fingerprint density at radius 1 is 1.23 bits per heavy atom. The molecule has 3 amide bonds. The number of phenols is 1. The summed E-state index contributed by atoms with van der Waals surface area (Å²) >= 11 is 0. The van der Waals surface area contributed by atoms with Gasteiger partial charge in [0.15, 0.2) is 0 Å². The van der Waals surface area contributed by atoms with Crippen LogP contribution in [0, 0.1) is 5.92 Å². The first-order valence-corrected chi connectivity index (χ1v) is 9.06. The zero-order valence-electron chi connectivity index (χ0n) is 15.5. The average Bonchev–Trinajstić information content (AvgIpc) is 3.04. The van der Waals surface area contributed by atoms with E-state index in [-0.39, 0.29) is 65.5 Å². The van der Waals surface area contributed by atoms with Crippen LogP contribution in [0.3, 0.4) is 0 Å². The molecule has 2 saturated heterocycles. The van der Waals surface area contributed by atoms with Gasteiger partial charge in [-0.25, -0.2) is 9.59 Å². The first-order chi connectivity index (χ1) is 13.8.